The summed E-state index contributed by atoms with van der Waals surface area (Å²) >= 11 is 12.5. The first-order valence-electron chi connectivity index (χ1n) is 11.0. The van der Waals surface area contributed by atoms with Gasteiger partial charge in [-0.3, -0.25) is 4.79 Å². The maximum Gasteiger partial charge on any atom is 0.272 e. The number of halogens is 2. The highest BCUT2D eigenvalue weighted by molar-refractivity contribution is 7.59. The molecule has 5 rings (SSSR count). The predicted molar refractivity (Wildman–Crippen MR) is 149 cm³/mol. The van der Waals surface area contributed by atoms with Crippen molar-refractivity contribution >= 4 is 59.1 Å². The van der Waals surface area contributed by atoms with Gasteiger partial charge in [-0.25, -0.2) is 4.98 Å². The molecule has 0 spiro atoms. The number of carbonyl (C=O) groups excluding carboxylic acids is 1. The number of nitrogens with one attached hydrogen (secondary N) is 1. The average Bonchev–Trinajstić information content (AvgIpc) is 2.82. The van der Waals surface area contributed by atoms with E-state index in [4.69, 9.17) is 27.9 Å². The molecule has 1 aliphatic rings. The Hall–Kier alpha value is -2.93. The standard InChI is InChI=1S/C27H23Cl2N3O2.H2S/c1-32(2)26-20-8-5-7-19(16-12-17(28)14-18(29)13-16)22(20)15-30-25(26)27(33)31-23-10-11-34-24-9-4-3-6-21(23)24;/h3-9,12-15,23H,10-11H2,1-2H3,(H,31,33);1H2/t23-;/m0./s1. The van der Waals surface area contributed by atoms with Crippen molar-refractivity contribution in [3.05, 3.63) is 88.2 Å². The number of amides is 1. The topological polar surface area (TPSA) is 54.5 Å². The van der Waals surface area contributed by atoms with E-state index in [1.54, 1.807) is 12.3 Å². The largest absolute Gasteiger partial charge is 0.493 e. The molecule has 4 aromatic rings. The van der Waals surface area contributed by atoms with Crippen molar-refractivity contribution < 1.29 is 9.53 Å². The van der Waals surface area contributed by atoms with Gasteiger partial charge in [-0.15, -0.1) is 0 Å². The number of hydrogen-bond acceptors (Lipinski definition) is 4. The highest BCUT2D eigenvalue weighted by atomic mass is 35.5. The zero-order valence-electron chi connectivity index (χ0n) is 19.3. The Morgan fingerprint density at radius 1 is 1.03 bits per heavy atom. The van der Waals surface area contributed by atoms with Crippen molar-refractivity contribution in [2.45, 2.75) is 12.5 Å². The number of pyridine rings is 1. The molecule has 0 bridgehead atoms. The van der Waals surface area contributed by atoms with Crippen LogP contribution in [-0.4, -0.2) is 31.6 Å². The molecule has 2 heterocycles. The zero-order valence-corrected chi connectivity index (χ0v) is 21.8. The van der Waals surface area contributed by atoms with Crippen molar-refractivity contribution in [3.63, 3.8) is 0 Å². The second kappa shape index (κ2) is 10.4. The summed E-state index contributed by atoms with van der Waals surface area (Å²) in [6.45, 7) is 0.555. The zero-order chi connectivity index (χ0) is 23.8. The Labute approximate surface area is 221 Å². The second-order valence-corrected chi connectivity index (χ2v) is 9.35. The van der Waals surface area contributed by atoms with Crippen molar-refractivity contribution in [3.8, 4) is 16.9 Å². The molecule has 0 aliphatic carbocycles. The maximum absolute atomic E-state index is 13.5. The Morgan fingerprint density at radius 3 is 2.51 bits per heavy atom. The van der Waals surface area contributed by atoms with Crippen LogP contribution in [0.2, 0.25) is 10.0 Å². The molecule has 35 heavy (non-hydrogen) atoms. The lowest BCUT2D eigenvalue weighted by molar-refractivity contribution is 0.0920. The van der Waals surface area contributed by atoms with Gasteiger partial charge in [0, 0.05) is 53.1 Å². The number of nitrogens with zero attached hydrogens (tertiary/aromatic N) is 2. The van der Waals surface area contributed by atoms with E-state index in [1.807, 2.05) is 73.6 Å². The third-order valence-corrected chi connectivity index (χ3v) is 6.44. The first kappa shape index (κ1) is 25.2. The normalized spacial score (nSPS) is 14.5. The van der Waals surface area contributed by atoms with Gasteiger partial charge in [-0.2, -0.15) is 13.5 Å². The molecule has 1 amide bonds. The third kappa shape index (κ3) is 4.92. The van der Waals surface area contributed by atoms with Crippen LogP contribution in [0.4, 0.5) is 5.69 Å². The summed E-state index contributed by atoms with van der Waals surface area (Å²) in [5, 5.41) is 6.13. The van der Waals surface area contributed by atoms with Gasteiger partial charge in [0.2, 0.25) is 0 Å². The van der Waals surface area contributed by atoms with Crippen LogP contribution in [0.25, 0.3) is 21.9 Å². The van der Waals surface area contributed by atoms with Crippen LogP contribution in [0.5, 0.6) is 5.75 Å². The maximum atomic E-state index is 13.5. The molecular weight excluding hydrogens is 501 g/mol. The van der Waals surface area contributed by atoms with Gasteiger partial charge in [0.1, 0.15) is 5.75 Å². The minimum absolute atomic E-state index is 0. The van der Waals surface area contributed by atoms with Gasteiger partial charge in [-0.05, 0) is 35.4 Å². The number of fused-ring (bicyclic) bond motifs is 2. The second-order valence-electron chi connectivity index (χ2n) is 8.48. The van der Waals surface area contributed by atoms with Gasteiger partial charge in [-0.1, -0.05) is 59.6 Å². The summed E-state index contributed by atoms with van der Waals surface area (Å²) in [5.41, 5.74) is 3.95. The molecule has 0 saturated carbocycles. The third-order valence-electron chi connectivity index (χ3n) is 6.01. The lowest BCUT2D eigenvalue weighted by atomic mass is 9.97. The molecule has 5 nitrogen and oxygen atoms in total. The predicted octanol–water partition coefficient (Wildman–Crippen LogP) is 6.64. The molecule has 3 aromatic carbocycles. The molecular formula is C27H25Cl2N3O2S. The van der Waals surface area contributed by atoms with Gasteiger partial charge >= 0.3 is 0 Å². The minimum Gasteiger partial charge on any atom is -0.493 e. The lowest BCUT2D eigenvalue weighted by Gasteiger charge is -2.27. The minimum atomic E-state index is -0.219. The van der Waals surface area contributed by atoms with E-state index in [2.05, 4.69) is 10.3 Å². The molecule has 0 fully saturated rings. The molecule has 8 heteroatoms. The van der Waals surface area contributed by atoms with E-state index in [1.165, 1.54) is 0 Å². The smallest absolute Gasteiger partial charge is 0.272 e. The molecule has 0 saturated heterocycles. The van der Waals surface area contributed by atoms with E-state index in [0.29, 0.717) is 28.8 Å². The number of benzene rings is 3. The molecule has 0 radical (unpaired) electrons. The average molecular weight is 526 g/mol. The Balaban J connectivity index is 0.00000289. The summed E-state index contributed by atoms with van der Waals surface area (Å²) in [5.74, 6) is 0.590. The molecule has 1 atom stereocenters. The van der Waals surface area contributed by atoms with E-state index < -0.39 is 0 Å². The Bertz CT molecular complexity index is 1390. The number of hydrogen-bond donors (Lipinski definition) is 1. The lowest BCUT2D eigenvalue weighted by Crippen LogP contribution is -2.33. The first-order valence-corrected chi connectivity index (χ1v) is 11.8. The number of ether oxygens (including phenoxy) is 1. The van der Waals surface area contributed by atoms with Crippen molar-refractivity contribution in [1.29, 1.82) is 0 Å². The fourth-order valence-electron chi connectivity index (χ4n) is 4.53. The number of anilines is 1. The van der Waals surface area contributed by atoms with Crippen LogP contribution in [0, 0.1) is 0 Å². The fraction of sp³-hybridized carbons (Fsp3) is 0.185. The summed E-state index contributed by atoms with van der Waals surface area (Å²) in [7, 11) is 3.83. The van der Waals surface area contributed by atoms with Crippen LogP contribution in [-0.2, 0) is 0 Å². The SMILES string of the molecule is CN(C)c1c(C(=O)N[C@H]2CCOc3ccccc32)ncc2c(-c3cc(Cl)cc(Cl)c3)cccc12.S. The number of rotatable bonds is 4. The summed E-state index contributed by atoms with van der Waals surface area (Å²) < 4.78 is 5.74. The molecule has 1 aliphatic heterocycles. The Morgan fingerprint density at radius 2 is 1.77 bits per heavy atom. The molecule has 1 N–H and O–H groups in total. The van der Waals surface area contributed by atoms with Crippen LogP contribution in [0.3, 0.4) is 0 Å². The van der Waals surface area contributed by atoms with Gasteiger partial charge in [0.05, 0.1) is 18.3 Å². The summed E-state index contributed by atoms with van der Waals surface area (Å²) in [6, 6.07) is 19.1. The highest BCUT2D eigenvalue weighted by Gasteiger charge is 2.26. The van der Waals surface area contributed by atoms with Crippen molar-refractivity contribution in [1.82, 2.24) is 10.3 Å². The van der Waals surface area contributed by atoms with Crippen molar-refractivity contribution in [2.75, 3.05) is 25.6 Å². The van der Waals surface area contributed by atoms with E-state index >= 15 is 0 Å². The Kier molecular flexibility index (Phi) is 7.45. The van der Waals surface area contributed by atoms with Gasteiger partial charge < -0.3 is 15.0 Å². The summed E-state index contributed by atoms with van der Waals surface area (Å²) in [6.07, 6.45) is 2.45. The molecule has 180 valence electrons. The molecule has 1 aromatic heterocycles. The highest BCUT2D eigenvalue weighted by Crippen LogP contribution is 2.37. The van der Waals surface area contributed by atoms with Crippen LogP contribution in [0.15, 0.2) is 66.9 Å². The summed E-state index contributed by atoms with van der Waals surface area (Å²) in [4.78, 5) is 20.0. The van der Waals surface area contributed by atoms with E-state index in [9.17, 15) is 4.79 Å². The fourth-order valence-corrected chi connectivity index (χ4v) is 5.05. The van der Waals surface area contributed by atoms with E-state index in [0.717, 1.165) is 38.9 Å². The van der Waals surface area contributed by atoms with Crippen LogP contribution in [0.1, 0.15) is 28.5 Å². The molecule has 0 unspecified atom stereocenters. The number of carbonyl (C=O) groups is 1. The number of aromatic nitrogens is 1. The van der Waals surface area contributed by atoms with Crippen LogP contribution >= 0.6 is 36.7 Å². The van der Waals surface area contributed by atoms with Gasteiger partial charge in [0.15, 0.2) is 5.69 Å². The quantitative estimate of drug-likeness (QED) is 0.324. The van der Waals surface area contributed by atoms with E-state index in [-0.39, 0.29) is 25.4 Å². The monoisotopic (exact) mass is 525 g/mol. The number of para-hydroxylation sites is 1. The first-order chi connectivity index (χ1) is 16.4. The van der Waals surface area contributed by atoms with Gasteiger partial charge in [0.25, 0.3) is 5.91 Å². The van der Waals surface area contributed by atoms with Crippen molar-refractivity contribution in [2.24, 2.45) is 0 Å². The van der Waals surface area contributed by atoms with Crippen LogP contribution < -0.4 is 15.0 Å².